The average Bonchev–Trinajstić information content (AvgIpc) is 2.94. The summed E-state index contributed by atoms with van der Waals surface area (Å²) in [5.41, 5.74) is 0.139. The Bertz CT molecular complexity index is 695. The van der Waals surface area contributed by atoms with E-state index in [1.165, 1.54) is 43.2 Å². The number of halogens is 1. The molecule has 1 aliphatic rings. The summed E-state index contributed by atoms with van der Waals surface area (Å²) in [6.45, 7) is 1.95. The van der Waals surface area contributed by atoms with Crippen molar-refractivity contribution in [3.8, 4) is 0 Å². The highest BCUT2D eigenvalue weighted by Gasteiger charge is 2.22. The zero-order chi connectivity index (χ0) is 16.2. The maximum absolute atomic E-state index is 13.7. The number of ketones is 1. The van der Waals surface area contributed by atoms with Gasteiger partial charge in [0.25, 0.3) is 0 Å². The van der Waals surface area contributed by atoms with Gasteiger partial charge in [-0.2, -0.15) is 0 Å². The highest BCUT2D eigenvalue weighted by Crippen LogP contribution is 2.32. The van der Waals surface area contributed by atoms with Gasteiger partial charge in [0.15, 0.2) is 10.9 Å². The molecule has 122 valence electrons. The third-order valence-electron chi connectivity index (χ3n) is 4.28. The van der Waals surface area contributed by atoms with Crippen molar-refractivity contribution in [2.75, 3.05) is 5.75 Å². The molecule has 3 rings (SSSR count). The van der Waals surface area contributed by atoms with Crippen molar-refractivity contribution in [1.82, 2.24) is 14.8 Å². The molecule has 0 amide bonds. The van der Waals surface area contributed by atoms with E-state index in [0.29, 0.717) is 6.04 Å². The van der Waals surface area contributed by atoms with E-state index in [-0.39, 0.29) is 17.1 Å². The van der Waals surface area contributed by atoms with Crippen LogP contribution in [0.3, 0.4) is 0 Å². The van der Waals surface area contributed by atoms with Gasteiger partial charge in [-0.25, -0.2) is 4.39 Å². The number of thioether (sulfide) groups is 1. The van der Waals surface area contributed by atoms with Gasteiger partial charge in [-0.1, -0.05) is 43.2 Å². The molecule has 1 saturated carbocycles. The molecule has 1 fully saturated rings. The zero-order valence-electron chi connectivity index (χ0n) is 13.2. The number of carbonyl (C=O) groups excluding carboxylic acids is 1. The van der Waals surface area contributed by atoms with Gasteiger partial charge in [0.1, 0.15) is 11.6 Å². The Balaban J connectivity index is 1.71. The van der Waals surface area contributed by atoms with E-state index < -0.39 is 5.82 Å². The van der Waals surface area contributed by atoms with Gasteiger partial charge in [-0.3, -0.25) is 4.79 Å². The van der Waals surface area contributed by atoms with Gasteiger partial charge in [-0.05, 0) is 31.9 Å². The smallest absolute Gasteiger partial charge is 0.191 e. The van der Waals surface area contributed by atoms with Gasteiger partial charge in [0.05, 0.1) is 11.3 Å². The summed E-state index contributed by atoms with van der Waals surface area (Å²) in [6, 6.07) is 6.52. The number of hydrogen-bond acceptors (Lipinski definition) is 4. The van der Waals surface area contributed by atoms with Crippen LogP contribution in [0.4, 0.5) is 4.39 Å². The van der Waals surface area contributed by atoms with Crippen LogP contribution in [-0.2, 0) is 0 Å². The first kappa shape index (κ1) is 16.2. The average molecular weight is 333 g/mol. The van der Waals surface area contributed by atoms with Crippen molar-refractivity contribution < 1.29 is 9.18 Å². The highest BCUT2D eigenvalue weighted by molar-refractivity contribution is 7.99. The molecule has 1 aromatic carbocycles. The summed E-state index contributed by atoms with van der Waals surface area (Å²) in [5.74, 6) is 0.371. The molecule has 2 aromatic rings. The van der Waals surface area contributed by atoms with Gasteiger partial charge >= 0.3 is 0 Å². The molecule has 0 bridgehead atoms. The van der Waals surface area contributed by atoms with E-state index in [1.807, 2.05) is 6.92 Å². The first-order valence-electron chi connectivity index (χ1n) is 7.99. The molecule has 4 nitrogen and oxygen atoms in total. The minimum atomic E-state index is -0.469. The Morgan fingerprint density at radius 2 is 2.00 bits per heavy atom. The van der Waals surface area contributed by atoms with Crippen LogP contribution >= 0.6 is 11.8 Å². The summed E-state index contributed by atoms with van der Waals surface area (Å²) >= 11 is 1.35. The van der Waals surface area contributed by atoms with Gasteiger partial charge in [0, 0.05) is 6.04 Å². The molecule has 0 atom stereocenters. The van der Waals surface area contributed by atoms with Crippen LogP contribution in [-0.4, -0.2) is 26.3 Å². The fourth-order valence-electron chi connectivity index (χ4n) is 3.10. The molecular weight excluding hydrogens is 313 g/mol. The normalized spacial score (nSPS) is 15.7. The van der Waals surface area contributed by atoms with E-state index in [0.717, 1.165) is 23.8 Å². The monoisotopic (exact) mass is 333 g/mol. The molecule has 1 aliphatic carbocycles. The number of nitrogens with zero attached hydrogens (tertiary/aromatic N) is 3. The quantitative estimate of drug-likeness (QED) is 0.607. The Labute approximate surface area is 139 Å². The molecule has 0 saturated heterocycles. The van der Waals surface area contributed by atoms with E-state index >= 15 is 0 Å². The maximum Gasteiger partial charge on any atom is 0.191 e. The molecule has 0 spiro atoms. The second-order valence-corrected chi connectivity index (χ2v) is 6.83. The van der Waals surface area contributed by atoms with Crippen molar-refractivity contribution in [2.45, 2.75) is 50.2 Å². The molecule has 1 aromatic heterocycles. The third kappa shape index (κ3) is 3.63. The Morgan fingerprint density at radius 3 is 2.74 bits per heavy atom. The van der Waals surface area contributed by atoms with Gasteiger partial charge in [-0.15, -0.1) is 10.2 Å². The number of Topliss-reactive ketones (excluding diaryl/α,β-unsaturated/α-hetero) is 1. The van der Waals surface area contributed by atoms with Crippen molar-refractivity contribution in [1.29, 1.82) is 0 Å². The largest absolute Gasteiger partial charge is 0.303 e. The number of hydrogen-bond donors (Lipinski definition) is 0. The Hall–Kier alpha value is -1.69. The van der Waals surface area contributed by atoms with Crippen molar-refractivity contribution in [3.05, 3.63) is 41.5 Å². The number of carbonyl (C=O) groups is 1. The fraction of sp³-hybridized carbons (Fsp3) is 0.471. The number of rotatable bonds is 5. The molecule has 0 radical (unpaired) electrons. The number of aromatic nitrogens is 3. The van der Waals surface area contributed by atoms with Crippen LogP contribution in [0.15, 0.2) is 29.4 Å². The summed E-state index contributed by atoms with van der Waals surface area (Å²) in [4.78, 5) is 12.2. The standard InChI is InChI=1S/C17H20FN3OS/c1-12-19-20-17(21(12)13-7-3-2-4-8-13)23-11-16(22)14-9-5-6-10-15(14)18/h5-6,9-10,13H,2-4,7-8,11H2,1H3. The summed E-state index contributed by atoms with van der Waals surface area (Å²) < 4.78 is 15.8. The minimum Gasteiger partial charge on any atom is -0.303 e. The third-order valence-corrected chi connectivity index (χ3v) is 5.22. The topological polar surface area (TPSA) is 47.8 Å². The van der Waals surface area contributed by atoms with Crippen LogP contribution in [0.5, 0.6) is 0 Å². The lowest BCUT2D eigenvalue weighted by atomic mass is 9.95. The van der Waals surface area contributed by atoms with Crippen LogP contribution in [0, 0.1) is 12.7 Å². The molecule has 0 unspecified atom stereocenters. The van der Waals surface area contributed by atoms with Crippen LogP contribution in [0.1, 0.15) is 54.3 Å². The van der Waals surface area contributed by atoms with Gasteiger partial charge in [0.2, 0.25) is 0 Å². The Morgan fingerprint density at radius 1 is 1.26 bits per heavy atom. The van der Waals surface area contributed by atoms with Gasteiger partial charge < -0.3 is 4.57 Å². The van der Waals surface area contributed by atoms with Crippen molar-refractivity contribution in [2.24, 2.45) is 0 Å². The van der Waals surface area contributed by atoms with Crippen molar-refractivity contribution >= 4 is 17.5 Å². The van der Waals surface area contributed by atoms with E-state index in [4.69, 9.17) is 0 Å². The lowest BCUT2D eigenvalue weighted by Crippen LogP contribution is -2.15. The second kappa shape index (κ2) is 7.25. The number of aryl methyl sites for hydroxylation is 1. The van der Waals surface area contributed by atoms with Crippen LogP contribution < -0.4 is 0 Å². The molecule has 1 heterocycles. The second-order valence-electron chi connectivity index (χ2n) is 5.88. The molecule has 23 heavy (non-hydrogen) atoms. The molecule has 6 heteroatoms. The predicted molar refractivity (Wildman–Crippen MR) is 88.3 cm³/mol. The van der Waals surface area contributed by atoms with E-state index in [1.54, 1.807) is 12.1 Å². The first-order valence-corrected chi connectivity index (χ1v) is 8.97. The van der Waals surface area contributed by atoms with E-state index in [2.05, 4.69) is 14.8 Å². The highest BCUT2D eigenvalue weighted by atomic mass is 32.2. The fourth-order valence-corrected chi connectivity index (χ4v) is 4.04. The Kier molecular flexibility index (Phi) is 5.10. The summed E-state index contributed by atoms with van der Waals surface area (Å²) in [5, 5.41) is 9.14. The maximum atomic E-state index is 13.7. The summed E-state index contributed by atoms with van der Waals surface area (Å²) in [7, 11) is 0. The predicted octanol–water partition coefficient (Wildman–Crippen LogP) is 4.21. The first-order chi connectivity index (χ1) is 11.2. The molecule has 0 N–H and O–H groups in total. The van der Waals surface area contributed by atoms with Crippen LogP contribution in [0.25, 0.3) is 0 Å². The SMILES string of the molecule is Cc1nnc(SCC(=O)c2ccccc2F)n1C1CCCCC1. The minimum absolute atomic E-state index is 0.139. The number of benzene rings is 1. The molecular formula is C17H20FN3OS. The van der Waals surface area contributed by atoms with Crippen LogP contribution in [0.2, 0.25) is 0 Å². The lowest BCUT2D eigenvalue weighted by molar-refractivity contribution is 0.101. The van der Waals surface area contributed by atoms with Crippen molar-refractivity contribution in [3.63, 3.8) is 0 Å². The van der Waals surface area contributed by atoms with E-state index in [9.17, 15) is 9.18 Å². The molecule has 0 aliphatic heterocycles. The lowest BCUT2D eigenvalue weighted by Gasteiger charge is -2.24. The summed E-state index contributed by atoms with van der Waals surface area (Å²) in [6.07, 6.45) is 5.99. The zero-order valence-corrected chi connectivity index (χ0v) is 14.0.